The number of urea groups is 1. The third-order valence-corrected chi connectivity index (χ3v) is 3.86. The van der Waals surface area contributed by atoms with Gasteiger partial charge >= 0.3 is 6.03 Å². The maximum atomic E-state index is 12.3. The lowest BCUT2D eigenvalue weighted by atomic mass is 10.0. The Morgan fingerprint density at radius 1 is 1.21 bits per heavy atom. The number of hydrogen-bond donors (Lipinski definition) is 3. The van der Waals surface area contributed by atoms with Crippen molar-refractivity contribution >= 4 is 33.6 Å². The minimum atomic E-state index is -0.683. The van der Waals surface area contributed by atoms with Gasteiger partial charge in [-0.2, -0.15) is 0 Å². The molecule has 0 radical (unpaired) electrons. The van der Waals surface area contributed by atoms with Gasteiger partial charge in [-0.3, -0.25) is 4.79 Å². The van der Waals surface area contributed by atoms with E-state index in [4.69, 9.17) is 10.5 Å². The molecule has 0 aliphatic carbocycles. The molecule has 4 N–H and O–H groups in total. The molecule has 3 amide bonds. The van der Waals surface area contributed by atoms with Crippen LogP contribution in [0.3, 0.4) is 0 Å². The molecule has 2 rings (SSSR count). The zero-order chi connectivity index (χ0) is 17.5. The van der Waals surface area contributed by atoms with Gasteiger partial charge in [-0.1, -0.05) is 34.1 Å². The SMILES string of the molecule is COc1cccc(NC(=O)CC(NC(N)=O)c2ccc(Br)cc2)c1. The van der Waals surface area contributed by atoms with Gasteiger partial charge in [0.25, 0.3) is 0 Å². The number of hydrogen-bond acceptors (Lipinski definition) is 3. The predicted molar refractivity (Wildman–Crippen MR) is 95.8 cm³/mol. The van der Waals surface area contributed by atoms with Crippen LogP contribution in [0.1, 0.15) is 18.0 Å². The summed E-state index contributed by atoms with van der Waals surface area (Å²) in [6.07, 6.45) is 0.0573. The number of anilines is 1. The highest BCUT2D eigenvalue weighted by molar-refractivity contribution is 9.10. The number of carbonyl (C=O) groups excluding carboxylic acids is 2. The Morgan fingerprint density at radius 2 is 1.92 bits per heavy atom. The first-order valence-corrected chi connectivity index (χ1v) is 8.02. The van der Waals surface area contributed by atoms with Crippen LogP contribution >= 0.6 is 15.9 Å². The predicted octanol–water partition coefficient (Wildman–Crippen LogP) is 3.20. The summed E-state index contributed by atoms with van der Waals surface area (Å²) in [7, 11) is 1.56. The summed E-state index contributed by atoms with van der Waals surface area (Å²) in [6, 6.07) is 13.2. The van der Waals surface area contributed by atoms with Crippen LogP contribution in [0.2, 0.25) is 0 Å². The topological polar surface area (TPSA) is 93.4 Å². The number of ether oxygens (including phenoxy) is 1. The van der Waals surface area contributed by atoms with Gasteiger partial charge in [-0.05, 0) is 29.8 Å². The van der Waals surface area contributed by atoms with Crippen molar-refractivity contribution < 1.29 is 14.3 Å². The second kappa shape index (κ2) is 8.35. The van der Waals surface area contributed by atoms with Crippen molar-refractivity contribution in [1.82, 2.24) is 5.32 Å². The molecular formula is C17H18BrN3O3. The molecule has 7 heteroatoms. The van der Waals surface area contributed by atoms with Crippen LogP contribution in [0, 0.1) is 0 Å². The quantitative estimate of drug-likeness (QED) is 0.705. The Bertz CT molecular complexity index is 719. The summed E-state index contributed by atoms with van der Waals surface area (Å²) >= 11 is 3.35. The highest BCUT2D eigenvalue weighted by atomic mass is 79.9. The van der Waals surface area contributed by atoms with Crippen LogP contribution in [0.15, 0.2) is 53.0 Å². The lowest BCUT2D eigenvalue weighted by Gasteiger charge is -2.18. The molecule has 0 fully saturated rings. The second-order valence-electron chi connectivity index (χ2n) is 5.10. The van der Waals surface area contributed by atoms with Crippen LogP contribution in [0.4, 0.5) is 10.5 Å². The van der Waals surface area contributed by atoms with Gasteiger partial charge < -0.3 is 21.1 Å². The summed E-state index contributed by atoms with van der Waals surface area (Å²) in [5, 5.41) is 5.37. The minimum Gasteiger partial charge on any atom is -0.497 e. The number of methoxy groups -OCH3 is 1. The number of nitrogens with one attached hydrogen (secondary N) is 2. The molecule has 126 valence electrons. The van der Waals surface area contributed by atoms with E-state index in [1.807, 2.05) is 24.3 Å². The van der Waals surface area contributed by atoms with Gasteiger partial charge in [0.05, 0.1) is 19.6 Å². The summed E-state index contributed by atoms with van der Waals surface area (Å²) in [4.78, 5) is 23.5. The Kier molecular flexibility index (Phi) is 6.20. The van der Waals surface area contributed by atoms with Gasteiger partial charge in [0, 0.05) is 16.2 Å². The molecule has 1 atom stereocenters. The highest BCUT2D eigenvalue weighted by Gasteiger charge is 2.17. The fourth-order valence-electron chi connectivity index (χ4n) is 2.22. The molecule has 6 nitrogen and oxygen atoms in total. The molecule has 2 aromatic carbocycles. The number of nitrogens with two attached hydrogens (primary N) is 1. The molecule has 0 saturated heterocycles. The summed E-state index contributed by atoms with van der Waals surface area (Å²) in [5.41, 5.74) is 6.63. The van der Waals surface area contributed by atoms with E-state index in [0.29, 0.717) is 11.4 Å². The summed E-state index contributed by atoms with van der Waals surface area (Å²) < 4.78 is 6.03. The van der Waals surface area contributed by atoms with E-state index in [1.165, 1.54) is 0 Å². The van der Waals surface area contributed by atoms with Crippen molar-refractivity contribution in [2.75, 3.05) is 12.4 Å². The molecule has 2 aromatic rings. The Labute approximate surface area is 148 Å². The van der Waals surface area contributed by atoms with Crippen LogP contribution in [-0.2, 0) is 4.79 Å². The number of halogens is 1. The van der Waals surface area contributed by atoms with Crippen molar-refractivity contribution in [3.05, 3.63) is 58.6 Å². The van der Waals surface area contributed by atoms with Crippen molar-refractivity contribution in [3.63, 3.8) is 0 Å². The summed E-state index contributed by atoms with van der Waals surface area (Å²) in [5.74, 6) is 0.400. The van der Waals surface area contributed by atoms with E-state index in [0.717, 1.165) is 10.0 Å². The molecule has 24 heavy (non-hydrogen) atoms. The average molecular weight is 392 g/mol. The van der Waals surface area contributed by atoms with Crippen molar-refractivity contribution in [3.8, 4) is 5.75 Å². The second-order valence-corrected chi connectivity index (χ2v) is 6.01. The van der Waals surface area contributed by atoms with Gasteiger partial charge in [0.15, 0.2) is 0 Å². The smallest absolute Gasteiger partial charge is 0.312 e. The number of benzene rings is 2. The molecule has 0 aliphatic rings. The molecule has 1 unspecified atom stereocenters. The average Bonchev–Trinajstić information content (AvgIpc) is 2.54. The minimum absolute atomic E-state index is 0.0573. The maximum absolute atomic E-state index is 12.3. The van der Waals surface area contributed by atoms with Crippen LogP contribution in [-0.4, -0.2) is 19.0 Å². The normalized spacial score (nSPS) is 11.4. The third kappa shape index (κ3) is 5.27. The first kappa shape index (κ1) is 17.8. The number of amides is 3. The van der Waals surface area contributed by atoms with Crippen molar-refractivity contribution in [2.24, 2.45) is 5.73 Å². The molecule has 0 saturated carbocycles. The molecule has 0 spiro atoms. The molecule has 0 bridgehead atoms. The lowest BCUT2D eigenvalue weighted by Crippen LogP contribution is -2.35. The van der Waals surface area contributed by atoms with Crippen LogP contribution in [0.5, 0.6) is 5.75 Å². The van der Waals surface area contributed by atoms with E-state index in [2.05, 4.69) is 26.6 Å². The van der Waals surface area contributed by atoms with Gasteiger partial charge in [-0.25, -0.2) is 4.79 Å². The van der Waals surface area contributed by atoms with E-state index < -0.39 is 12.1 Å². The molecule has 0 heterocycles. The van der Waals surface area contributed by atoms with Crippen molar-refractivity contribution in [1.29, 1.82) is 0 Å². The molecule has 0 aliphatic heterocycles. The van der Waals surface area contributed by atoms with E-state index in [-0.39, 0.29) is 12.3 Å². The van der Waals surface area contributed by atoms with E-state index >= 15 is 0 Å². The molecular weight excluding hydrogens is 374 g/mol. The van der Waals surface area contributed by atoms with E-state index in [1.54, 1.807) is 31.4 Å². The first-order valence-electron chi connectivity index (χ1n) is 7.23. The van der Waals surface area contributed by atoms with Gasteiger partial charge in [-0.15, -0.1) is 0 Å². The fraction of sp³-hybridized carbons (Fsp3) is 0.176. The number of rotatable bonds is 6. The lowest BCUT2D eigenvalue weighted by molar-refractivity contribution is -0.116. The Morgan fingerprint density at radius 3 is 2.54 bits per heavy atom. The number of primary amides is 1. The van der Waals surface area contributed by atoms with Gasteiger partial charge in [0.2, 0.25) is 5.91 Å². The maximum Gasteiger partial charge on any atom is 0.312 e. The zero-order valence-corrected chi connectivity index (χ0v) is 14.7. The van der Waals surface area contributed by atoms with E-state index in [9.17, 15) is 9.59 Å². The molecule has 0 aromatic heterocycles. The first-order chi connectivity index (χ1) is 11.5. The Balaban J connectivity index is 2.08. The van der Waals surface area contributed by atoms with Crippen LogP contribution < -0.4 is 21.1 Å². The van der Waals surface area contributed by atoms with Crippen LogP contribution in [0.25, 0.3) is 0 Å². The zero-order valence-electron chi connectivity index (χ0n) is 13.1. The largest absolute Gasteiger partial charge is 0.497 e. The van der Waals surface area contributed by atoms with Gasteiger partial charge in [0.1, 0.15) is 5.75 Å². The highest BCUT2D eigenvalue weighted by Crippen LogP contribution is 2.21. The standard InChI is InChI=1S/C17H18BrN3O3/c1-24-14-4-2-3-13(9-14)20-16(22)10-15(21-17(19)23)11-5-7-12(18)8-6-11/h2-9,15H,10H2,1H3,(H,20,22)(H3,19,21,23). The number of carbonyl (C=O) groups is 2. The summed E-state index contributed by atoms with van der Waals surface area (Å²) in [6.45, 7) is 0. The fourth-order valence-corrected chi connectivity index (χ4v) is 2.48. The third-order valence-electron chi connectivity index (χ3n) is 3.33. The Hall–Kier alpha value is -2.54. The van der Waals surface area contributed by atoms with Crippen molar-refractivity contribution in [2.45, 2.75) is 12.5 Å². The monoisotopic (exact) mass is 391 g/mol.